The third kappa shape index (κ3) is 2.70. The monoisotopic (exact) mass is 305 g/mol. The number of nitrogens with one attached hydrogen (secondary N) is 1. The second kappa shape index (κ2) is 6.21. The van der Waals surface area contributed by atoms with Crippen LogP contribution in [0, 0.1) is 5.92 Å². The fourth-order valence-electron chi connectivity index (χ4n) is 3.05. The largest absolute Gasteiger partial charge is 0.354 e. The molecule has 3 aromatic rings. The van der Waals surface area contributed by atoms with E-state index < -0.39 is 5.92 Å². The molecule has 0 amide bonds. The molecule has 0 saturated heterocycles. The number of hydrogen-bond acceptors (Lipinski definition) is 2. The van der Waals surface area contributed by atoms with Gasteiger partial charge in [-0.2, -0.15) is 0 Å². The van der Waals surface area contributed by atoms with Crippen LogP contribution < -0.4 is 0 Å². The number of fused-ring (bicyclic) bond motifs is 1. The highest BCUT2D eigenvalue weighted by Crippen LogP contribution is 2.32. The maximum Gasteiger partial charge on any atom is 0.176 e. The number of rotatable bonds is 5. The summed E-state index contributed by atoms with van der Waals surface area (Å²) in [5.74, 6) is -0.769. The van der Waals surface area contributed by atoms with E-state index in [1.165, 1.54) is 6.92 Å². The second-order valence-corrected chi connectivity index (χ2v) is 5.72. The molecule has 1 unspecified atom stereocenters. The Labute approximate surface area is 135 Å². The van der Waals surface area contributed by atoms with Gasteiger partial charge in [-0.3, -0.25) is 9.59 Å². The minimum absolute atomic E-state index is 0.0817. The van der Waals surface area contributed by atoms with Crippen molar-refractivity contribution in [2.75, 3.05) is 0 Å². The molecule has 3 rings (SSSR count). The Morgan fingerprint density at radius 1 is 1.00 bits per heavy atom. The lowest BCUT2D eigenvalue weighted by Gasteiger charge is -2.11. The van der Waals surface area contributed by atoms with Gasteiger partial charge in [-0.1, -0.05) is 55.5 Å². The predicted octanol–water partition coefficient (Wildman–Crippen LogP) is 4.63. The van der Waals surface area contributed by atoms with Crippen molar-refractivity contribution in [3.05, 3.63) is 60.2 Å². The van der Waals surface area contributed by atoms with Crippen LogP contribution in [-0.2, 0) is 4.79 Å². The van der Waals surface area contributed by atoms with Gasteiger partial charge in [0.15, 0.2) is 5.78 Å². The standard InChI is InChI=1S/C20H19NO2/c1-3-15(13(2)22)20(23)18-16-11-7-8-12-17(16)21-19(18)14-9-5-4-6-10-14/h4-12,15,21H,3H2,1-2H3. The van der Waals surface area contributed by atoms with Crippen molar-refractivity contribution in [1.29, 1.82) is 0 Å². The van der Waals surface area contributed by atoms with Gasteiger partial charge in [-0.15, -0.1) is 0 Å². The van der Waals surface area contributed by atoms with E-state index in [2.05, 4.69) is 4.98 Å². The van der Waals surface area contributed by atoms with Crippen LogP contribution in [0.15, 0.2) is 54.6 Å². The van der Waals surface area contributed by atoms with Gasteiger partial charge in [0.05, 0.1) is 17.2 Å². The zero-order valence-corrected chi connectivity index (χ0v) is 13.3. The molecular weight excluding hydrogens is 286 g/mol. The summed E-state index contributed by atoms with van der Waals surface area (Å²) in [5.41, 5.74) is 3.27. The Hall–Kier alpha value is -2.68. The van der Waals surface area contributed by atoms with Crippen molar-refractivity contribution < 1.29 is 9.59 Å². The highest BCUT2D eigenvalue weighted by atomic mass is 16.1. The Kier molecular flexibility index (Phi) is 4.11. The molecule has 1 N–H and O–H groups in total. The van der Waals surface area contributed by atoms with E-state index in [-0.39, 0.29) is 11.6 Å². The van der Waals surface area contributed by atoms with Crippen molar-refractivity contribution >= 4 is 22.5 Å². The van der Waals surface area contributed by atoms with E-state index in [0.29, 0.717) is 12.0 Å². The molecule has 0 radical (unpaired) electrons. The molecule has 0 aliphatic heterocycles. The topological polar surface area (TPSA) is 49.9 Å². The Morgan fingerprint density at radius 2 is 1.65 bits per heavy atom. The molecule has 23 heavy (non-hydrogen) atoms. The number of H-pyrrole nitrogens is 1. The summed E-state index contributed by atoms with van der Waals surface area (Å²) in [5, 5.41) is 0.871. The molecular formula is C20H19NO2. The normalized spacial score (nSPS) is 12.3. The van der Waals surface area contributed by atoms with Crippen LogP contribution in [-0.4, -0.2) is 16.6 Å². The molecule has 116 valence electrons. The summed E-state index contributed by atoms with van der Waals surface area (Å²) >= 11 is 0. The number of ketones is 2. The summed E-state index contributed by atoms with van der Waals surface area (Å²) in [6.07, 6.45) is 0.516. The molecule has 1 aromatic heterocycles. The van der Waals surface area contributed by atoms with Crippen LogP contribution in [0.5, 0.6) is 0 Å². The average Bonchev–Trinajstić information content (AvgIpc) is 2.95. The van der Waals surface area contributed by atoms with E-state index in [0.717, 1.165) is 22.2 Å². The molecule has 3 heteroatoms. The second-order valence-electron chi connectivity index (χ2n) is 5.72. The highest BCUT2D eigenvalue weighted by Gasteiger charge is 2.28. The van der Waals surface area contributed by atoms with E-state index in [4.69, 9.17) is 0 Å². The van der Waals surface area contributed by atoms with Gasteiger partial charge < -0.3 is 4.98 Å². The van der Waals surface area contributed by atoms with Crippen molar-refractivity contribution in [2.24, 2.45) is 5.92 Å². The molecule has 0 fully saturated rings. The fourth-order valence-corrected chi connectivity index (χ4v) is 3.05. The first-order valence-corrected chi connectivity index (χ1v) is 7.84. The first-order chi connectivity index (χ1) is 11.1. The first-order valence-electron chi connectivity index (χ1n) is 7.84. The summed E-state index contributed by atoms with van der Waals surface area (Å²) in [6.45, 7) is 3.37. The molecule has 3 nitrogen and oxygen atoms in total. The third-order valence-electron chi connectivity index (χ3n) is 4.23. The molecule has 2 aromatic carbocycles. The molecule has 1 atom stereocenters. The summed E-state index contributed by atoms with van der Waals surface area (Å²) in [6, 6.07) is 17.5. The van der Waals surface area contributed by atoms with Gasteiger partial charge in [-0.25, -0.2) is 0 Å². The Balaban J connectivity index is 2.25. The zero-order valence-electron chi connectivity index (χ0n) is 13.3. The molecule has 0 saturated carbocycles. The van der Waals surface area contributed by atoms with Crippen LogP contribution in [0.4, 0.5) is 0 Å². The predicted molar refractivity (Wildman–Crippen MR) is 92.5 cm³/mol. The zero-order chi connectivity index (χ0) is 16.4. The lowest BCUT2D eigenvalue weighted by Crippen LogP contribution is -2.21. The Bertz CT molecular complexity index is 862. The quantitative estimate of drug-likeness (QED) is 0.552. The van der Waals surface area contributed by atoms with Gasteiger partial charge in [0.25, 0.3) is 0 Å². The van der Waals surface area contributed by atoms with Crippen LogP contribution >= 0.6 is 0 Å². The minimum atomic E-state index is -0.586. The average molecular weight is 305 g/mol. The number of para-hydroxylation sites is 1. The fraction of sp³-hybridized carbons (Fsp3) is 0.200. The summed E-state index contributed by atoms with van der Waals surface area (Å²) in [7, 11) is 0. The van der Waals surface area contributed by atoms with Crippen LogP contribution in [0.1, 0.15) is 30.6 Å². The first kappa shape index (κ1) is 15.2. The van der Waals surface area contributed by atoms with E-state index in [1.807, 2.05) is 61.5 Å². The number of aromatic amines is 1. The van der Waals surface area contributed by atoms with Crippen molar-refractivity contribution in [2.45, 2.75) is 20.3 Å². The SMILES string of the molecule is CCC(C(C)=O)C(=O)c1c(-c2ccccc2)[nH]c2ccccc12. The smallest absolute Gasteiger partial charge is 0.176 e. The number of aromatic nitrogens is 1. The lowest BCUT2D eigenvalue weighted by molar-refractivity contribution is -0.119. The lowest BCUT2D eigenvalue weighted by atomic mass is 9.89. The van der Waals surface area contributed by atoms with E-state index in [1.54, 1.807) is 0 Å². The van der Waals surface area contributed by atoms with Crippen LogP contribution in [0.3, 0.4) is 0 Å². The number of hydrogen-bond donors (Lipinski definition) is 1. The molecule has 0 aliphatic rings. The molecule has 0 spiro atoms. The van der Waals surface area contributed by atoms with Gasteiger partial charge >= 0.3 is 0 Å². The van der Waals surface area contributed by atoms with Gasteiger partial charge in [0, 0.05) is 10.9 Å². The van der Waals surface area contributed by atoms with Crippen LogP contribution in [0.25, 0.3) is 22.2 Å². The molecule has 1 heterocycles. The highest BCUT2D eigenvalue weighted by molar-refractivity contribution is 6.19. The number of benzene rings is 2. The van der Waals surface area contributed by atoms with E-state index >= 15 is 0 Å². The van der Waals surface area contributed by atoms with Gasteiger partial charge in [0.1, 0.15) is 5.78 Å². The Morgan fingerprint density at radius 3 is 2.30 bits per heavy atom. The van der Waals surface area contributed by atoms with Crippen LogP contribution in [0.2, 0.25) is 0 Å². The van der Waals surface area contributed by atoms with Crippen molar-refractivity contribution in [3.63, 3.8) is 0 Å². The van der Waals surface area contributed by atoms with Gasteiger partial charge in [0.2, 0.25) is 0 Å². The summed E-state index contributed by atoms with van der Waals surface area (Å²) in [4.78, 5) is 28.3. The third-order valence-corrected chi connectivity index (χ3v) is 4.23. The minimum Gasteiger partial charge on any atom is -0.354 e. The molecule has 0 bridgehead atoms. The number of carbonyl (C=O) groups is 2. The summed E-state index contributed by atoms with van der Waals surface area (Å²) < 4.78 is 0. The van der Waals surface area contributed by atoms with E-state index in [9.17, 15) is 9.59 Å². The van der Waals surface area contributed by atoms with Crippen molar-refractivity contribution in [1.82, 2.24) is 4.98 Å². The van der Waals surface area contributed by atoms with Crippen molar-refractivity contribution in [3.8, 4) is 11.3 Å². The molecule has 0 aliphatic carbocycles. The maximum absolute atomic E-state index is 13.0. The van der Waals surface area contributed by atoms with Gasteiger partial charge in [-0.05, 0) is 25.0 Å². The number of Topliss-reactive ketones (excluding diaryl/α,β-unsaturated/α-hetero) is 2. The number of carbonyl (C=O) groups excluding carboxylic acids is 2. The maximum atomic E-state index is 13.0.